The monoisotopic (exact) mass is 602 g/mol. The molecule has 0 bridgehead atoms. The first kappa shape index (κ1) is 65.0. The van der Waals surface area contributed by atoms with Crippen LogP contribution in [0.25, 0.3) is 0 Å². The quantitative estimate of drug-likeness (QED) is 0.191. The van der Waals surface area contributed by atoms with Crippen LogP contribution in [0.15, 0.2) is 4.99 Å². The third-order valence-corrected chi connectivity index (χ3v) is 2.51. The molecule has 1 N–H and O–H groups in total. The van der Waals surface area contributed by atoms with Crippen molar-refractivity contribution < 1.29 is 56.5 Å². The minimum absolute atomic E-state index is 0. The van der Waals surface area contributed by atoms with E-state index in [1.165, 1.54) is 5.71 Å². The molecule has 0 saturated carbocycles. The number of hydrogen-bond donors (Lipinski definition) is 1. The summed E-state index contributed by atoms with van der Waals surface area (Å²) >= 11 is 0. The van der Waals surface area contributed by atoms with Crippen LogP contribution in [0.1, 0.15) is 63.3 Å². The van der Waals surface area contributed by atoms with Gasteiger partial charge in [0, 0.05) is 94.3 Å². The molecule has 8 nitrogen and oxygen atoms in total. The van der Waals surface area contributed by atoms with E-state index in [1.807, 2.05) is 126 Å². The van der Waals surface area contributed by atoms with Gasteiger partial charge >= 0.3 is 0 Å². The number of methoxy groups -OCH3 is 1. The van der Waals surface area contributed by atoms with Crippen molar-refractivity contribution in [2.45, 2.75) is 63.3 Å². The molecule has 0 amide bonds. The van der Waals surface area contributed by atoms with E-state index < -0.39 is 0 Å². The van der Waals surface area contributed by atoms with Gasteiger partial charge in [0.05, 0.1) is 0 Å². The normalized spacial score (nSPS) is 7.08. The van der Waals surface area contributed by atoms with Crippen molar-refractivity contribution in [3.05, 3.63) is 0 Å². The molecule has 0 heterocycles. The van der Waals surface area contributed by atoms with Crippen LogP contribution in [0.3, 0.4) is 0 Å². The first-order chi connectivity index (χ1) is 14.7. The van der Waals surface area contributed by atoms with E-state index in [0.29, 0.717) is 0 Å². The summed E-state index contributed by atoms with van der Waals surface area (Å²) in [6.07, 6.45) is 2.00. The molecule has 0 aliphatic heterocycles. The Hall–Kier alpha value is -0.536. The second-order valence-electron chi connectivity index (χ2n) is 8.80. The molecule has 0 aromatic rings. The Labute approximate surface area is 255 Å². The van der Waals surface area contributed by atoms with Crippen LogP contribution in [-0.2, 0) is 37.4 Å². The predicted molar refractivity (Wildman–Crippen MR) is 167 cm³/mol. The van der Waals surface area contributed by atoms with Crippen LogP contribution in [0.5, 0.6) is 0 Å². The van der Waals surface area contributed by atoms with Crippen molar-refractivity contribution >= 4 is 23.3 Å². The van der Waals surface area contributed by atoms with Gasteiger partial charge in [-0.1, -0.05) is 14.9 Å². The summed E-state index contributed by atoms with van der Waals surface area (Å²) in [6, 6.07) is 0. The predicted octanol–water partition coefficient (Wildman–Crippen LogP) is 4.57. The minimum Gasteiger partial charge on any atom is -0.388 e. The number of ether oxygens (including phenoxy) is 1. The molecule has 9 heteroatoms. The average Bonchev–Trinajstić information content (AvgIpc) is 2.62. The van der Waals surface area contributed by atoms with Crippen LogP contribution in [0.4, 0.5) is 0 Å². The largest absolute Gasteiger partial charge is 0.388 e. The number of hydroxylamine groups is 1. The van der Waals surface area contributed by atoms with Gasteiger partial charge in [-0.25, -0.2) is 9.15 Å². The van der Waals surface area contributed by atoms with Gasteiger partial charge in [-0.3, -0.25) is 10.2 Å². The van der Waals surface area contributed by atoms with Gasteiger partial charge in [0.25, 0.3) is 0 Å². The van der Waals surface area contributed by atoms with E-state index in [1.54, 1.807) is 28.3 Å². The summed E-state index contributed by atoms with van der Waals surface area (Å²) in [5.74, 6) is 0. The van der Waals surface area contributed by atoms with Gasteiger partial charge in [-0.05, 0) is 60.9 Å². The first-order valence-corrected chi connectivity index (χ1v) is 10.9. The van der Waals surface area contributed by atoms with Crippen LogP contribution in [-0.4, -0.2) is 151 Å². The summed E-state index contributed by atoms with van der Waals surface area (Å²) in [6.45, 7) is 13.8. The van der Waals surface area contributed by atoms with Crippen LogP contribution in [0, 0.1) is 0 Å². The molecular weight excluding hydrogens is 529 g/mol. The zero-order valence-corrected chi connectivity index (χ0v) is 30.0. The van der Waals surface area contributed by atoms with Gasteiger partial charge in [0.15, 0.2) is 12.8 Å². The smallest absolute Gasteiger partial charge is 0.197 e. The van der Waals surface area contributed by atoms with E-state index in [-0.39, 0.29) is 47.6 Å². The molecule has 0 rings (SSSR count). The van der Waals surface area contributed by atoms with Gasteiger partial charge in [-0.2, -0.15) is 0 Å². The zero-order chi connectivity index (χ0) is 28.7. The fourth-order valence-electron chi connectivity index (χ4n) is 0. The van der Waals surface area contributed by atoms with E-state index in [2.05, 4.69) is 28.2 Å². The third-order valence-electron chi connectivity index (χ3n) is 2.51. The number of nitrogens with zero attached hydrogens (tertiary/aromatic N) is 6. The molecule has 0 unspecified atom stereocenters. The fraction of sp³-hybridized carbons (Fsp3) is 0.852. The molecule has 0 aliphatic carbocycles. The Kier molecular flexibility index (Phi) is 99.4. The maximum atomic E-state index is 8.43. The Bertz CT molecular complexity index is 409. The summed E-state index contributed by atoms with van der Waals surface area (Å²) in [5.41, 5.74) is 3.37. The molecule has 1 radical (unpaired) electrons. The van der Waals surface area contributed by atoms with Crippen molar-refractivity contribution in [2.24, 2.45) is 4.99 Å². The SMILES string of the molecule is C.C.CC(C)=[N+](C)C.CC(C)=[N+](C)O.CC=[N+](C)C.CN(C)C.CN(C)C.CN=C(C)C.COC.[Y]. The summed E-state index contributed by atoms with van der Waals surface area (Å²) in [5, 5.41) is 8.43. The Morgan fingerprint density at radius 2 is 0.833 bits per heavy atom. The van der Waals surface area contributed by atoms with Crippen molar-refractivity contribution in [2.75, 3.05) is 98.8 Å². The number of rotatable bonds is 0. The third kappa shape index (κ3) is 268. The minimum atomic E-state index is 0. The Balaban J connectivity index is -0.0000000273. The fourth-order valence-corrected chi connectivity index (χ4v) is 0. The van der Waals surface area contributed by atoms with E-state index >= 15 is 0 Å². The van der Waals surface area contributed by atoms with Gasteiger partial charge < -0.3 is 14.5 Å². The maximum absolute atomic E-state index is 8.43. The van der Waals surface area contributed by atoms with E-state index in [9.17, 15) is 0 Å². The summed E-state index contributed by atoms with van der Waals surface area (Å²) in [4.78, 5) is 7.81. The van der Waals surface area contributed by atoms with Gasteiger partial charge in [-0.15, -0.1) is 0 Å². The second kappa shape index (κ2) is 55.1. The molecule has 0 saturated heterocycles. The maximum Gasteiger partial charge on any atom is 0.197 e. The van der Waals surface area contributed by atoms with Crippen molar-refractivity contribution in [3.63, 3.8) is 0 Å². The van der Waals surface area contributed by atoms with Crippen molar-refractivity contribution in [1.29, 1.82) is 0 Å². The number of aliphatic imine (C=N–C) groups is 1. The Morgan fingerprint density at radius 1 is 0.722 bits per heavy atom. The summed E-state index contributed by atoms with van der Waals surface area (Å²) in [7, 11) is 26.7. The van der Waals surface area contributed by atoms with Gasteiger partial charge in [0.1, 0.15) is 40.1 Å². The van der Waals surface area contributed by atoms with Crippen molar-refractivity contribution in [1.82, 2.24) is 9.80 Å². The molecule has 0 aromatic carbocycles. The topological polar surface area (TPSA) is 57.3 Å². The molecule has 0 aromatic heterocycles. The molecule has 36 heavy (non-hydrogen) atoms. The standard InChI is InChI=1S/C5H12N.C4H10NO.C4H10N.C4H9N.2C3H9N.C2H6O.2CH4.Y/c1-5(2)6(3)4;1-4(2)5(3)6;1-4-5(2)3;1-4(2)5-3;2*1-4(2)3;1-3-2;;;/h1-4H3;6H,1-3H3;4H,1-3H3;1-3H3;2*1-3H3;1-2H3;2*1H4;/q3*+1;;;;;;;. The average molecular weight is 603 g/mol. The molecule has 0 fully saturated rings. The molecular formula is C27H73N6O2Y+3. The van der Waals surface area contributed by atoms with Crippen molar-refractivity contribution in [3.8, 4) is 0 Å². The van der Waals surface area contributed by atoms with E-state index in [0.717, 1.165) is 16.2 Å². The second-order valence-corrected chi connectivity index (χ2v) is 8.80. The zero-order valence-electron chi connectivity index (χ0n) is 27.2. The van der Waals surface area contributed by atoms with Crippen LogP contribution >= 0.6 is 0 Å². The molecule has 0 spiro atoms. The first-order valence-electron chi connectivity index (χ1n) is 10.9. The molecule has 0 atom stereocenters. The number of hydrogen-bond acceptors (Lipinski definition) is 5. The Morgan fingerprint density at radius 3 is 0.833 bits per heavy atom. The van der Waals surface area contributed by atoms with Crippen LogP contribution < -0.4 is 0 Å². The molecule has 223 valence electrons. The molecule has 0 aliphatic rings. The van der Waals surface area contributed by atoms with Crippen LogP contribution in [0.2, 0.25) is 0 Å². The van der Waals surface area contributed by atoms with E-state index in [4.69, 9.17) is 5.21 Å². The summed E-state index contributed by atoms with van der Waals surface area (Å²) < 4.78 is 9.42. The van der Waals surface area contributed by atoms with Gasteiger partial charge in [0.2, 0.25) is 0 Å².